The fourth-order valence-electron chi connectivity index (χ4n) is 3.90. The first-order valence-electron chi connectivity index (χ1n) is 10.4. The Labute approximate surface area is 199 Å². The van der Waals surface area contributed by atoms with Gasteiger partial charge in [-0.05, 0) is 60.5 Å². The number of nitrogens with zero attached hydrogens (tertiary/aromatic N) is 1. The third kappa shape index (κ3) is 4.49. The minimum atomic E-state index is -0.396. The van der Waals surface area contributed by atoms with Crippen LogP contribution in [0.15, 0.2) is 82.0 Å². The van der Waals surface area contributed by atoms with Gasteiger partial charge < -0.3 is 9.15 Å². The van der Waals surface area contributed by atoms with Crippen molar-refractivity contribution < 1.29 is 13.9 Å². The average Bonchev–Trinajstić information content (AvgIpc) is 3.19. The molecule has 1 saturated heterocycles. The van der Waals surface area contributed by atoms with E-state index in [1.54, 1.807) is 28.8 Å². The van der Waals surface area contributed by atoms with Crippen LogP contribution >= 0.6 is 23.4 Å². The van der Waals surface area contributed by atoms with Gasteiger partial charge in [-0.1, -0.05) is 35.9 Å². The van der Waals surface area contributed by atoms with Crippen molar-refractivity contribution in [3.05, 3.63) is 105 Å². The van der Waals surface area contributed by atoms with Crippen molar-refractivity contribution in [3.63, 3.8) is 0 Å². The van der Waals surface area contributed by atoms with Gasteiger partial charge in [0.05, 0.1) is 5.75 Å². The highest BCUT2D eigenvalue weighted by atomic mass is 35.5. The van der Waals surface area contributed by atoms with Gasteiger partial charge in [0.1, 0.15) is 23.3 Å². The Morgan fingerprint density at radius 2 is 1.79 bits per heavy atom. The molecule has 0 saturated carbocycles. The van der Waals surface area contributed by atoms with E-state index in [1.807, 2.05) is 61.5 Å². The first kappa shape index (κ1) is 21.6. The van der Waals surface area contributed by atoms with Gasteiger partial charge in [-0.25, -0.2) is 4.79 Å². The SMILES string of the molecule is Cc1ccc2c(COc3ccc(C4SCC(=O)N4c4ccc(Cl)cc4)cc3)cc(=O)oc2c1. The second-order valence-corrected chi connectivity index (χ2v) is 9.36. The molecule has 1 aliphatic heterocycles. The predicted octanol–water partition coefficient (Wildman–Crippen LogP) is 6.11. The van der Waals surface area contributed by atoms with Crippen LogP contribution in [0.5, 0.6) is 5.75 Å². The van der Waals surface area contributed by atoms with E-state index in [-0.39, 0.29) is 17.9 Å². The molecular formula is C26H20ClNO4S. The number of amides is 1. The van der Waals surface area contributed by atoms with E-state index in [9.17, 15) is 9.59 Å². The monoisotopic (exact) mass is 477 g/mol. The van der Waals surface area contributed by atoms with Crippen LogP contribution in [0.3, 0.4) is 0 Å². The maximum Gasteiger partial charge on any atom is 0.336 e. The van der Waals surface area contributed by atoms with Gasteiger partial charge in [0.15, 0.2) is 0 Å². The molecule has 0 bridgehead atoms. The van der Waals surface area contributed by atoms with Crippen LogP contribution in [0.1, 0.15) is 22.1 Å². The van der Waals surface area contributed by atoms with E-state index in [4.69, 9.17) is 20.8 Å². The maximum atomic E-state index is 12.5. The van der Waals surface area contributed by atoms with Gasteiger partial charge in [0.2, 0.25) is 5.91 Å². The summed E-state index contributed by atoms with van der Waals surface area (Å²) < 4.78 is 11.3. The molecule has 1 aromatic heterocycles. The van der Waals surface area contributed by atoms with Crippen LogP contribution in [-0.4, -0.2) is 11.7 Å². The standard InChI is InChI=1S/C26H20ClNO4S/c1-16-2-11-22-18(13-25(30)32-23(22)12-16)14-31-21-9-3-17(4-10-21)26-28(24(29)15-33-26)20-7-5-19(27)6-8-20/h2-13,26H,14-15H2,1H3. The molecule has 7 heteroatoms. The third-order valence-corrected chi connectivity index (χ3v) is 6.98. The van der Waals surface area contributed by atoms with Crippen molar-refractivity contribution in [2.24, 2.45) is 0 Å². The molecule has 1 unspecified atom stereocenters. The Kier molecular flexibility index (Phi) is 5.87. The number of hydrogen-bond acceptors (Lipinski definition) is 5. The molecule has 5 rings (SSSR count). The van der Waals surface area contributed by atoms with Crippen molar-refractivity contribution >= 4 is 45.9 Å². The Morgan fingerprint density at radius 3 is 2.55 bits per heavy atom. The Bertz CT molecular complexity index is 1380. The average molecular weight is 478 g/mol. The van der Waals surface area contributed by atoms with Crippen molar-refractivity contribution in [2.45, 2.75) is 18.9 Å². The van der Waals surface area contributed by atoms with Gasteiger partial charge in [0, 0.05) is 27.7 Å². The maximum absolute atomic E-state index is 12.5. The topological polar surface area (TPSA) is 59.8 Å². The lowest BCUT2D eigenvalue weighted by Gasteiger charge is -2.24. The molecule has 0 spiro atoms. The summed E-state index contributed by atoms with van der Waals surface area (Å²) in [6.07, 6.45) is 0. The Balaban J connectivity index is 1.34. The van der Waals surface area contributed by atoms with Crippen molar-refractivity contribution in [3.8, 4) is 5.75 Å². The van der Waals surface area contributed by atoms with Crippen LogP contribution in [0, 0.1) is 6.92 Å². The van der Waals surface area contributed by atoms with E-state index in [0.29, 0.717) is 22.1 Å². The van der Waals surface area contributed by atoms with E-state index in [1.165, 1.54) is 6.07 Å². The normalized spacial score (nSPS) is 15.9. The van der Waals surface area contributed by atoms with Gasteiger partial charge in [-0.3, -0.25) is 9.69 Å². The zero-order valence-electron chi connectivity index (χ0n) is 17.8. The summed E-state index contributed by atoms with van der Waals surface area (Å²) in [6, 6.07) is 22.2. The zero-order chi connectivity index (χ0) is 22.9. The highest BCUT2D eigenvalue weighted by molar-refractivity contribution is 8.00. The summed E-state index contributed by atoms with van der Waals surface area (Å²) in [5.74, 6) is 1.17. The number of anilines is 1. The minimum absolute atomic E-state index is 0.0673. The van der Waals surface area contributed by atoms with Crippen LogP contribution < -0.4 is 15.3 Å². The molecule has 1 atom stereocenters. The van der Waals surface area contributed by atoms with Crippen LogP contribution in [0.25, 0.3) is 11.0 Å². The number of fused-ring (bicyclic) bond motifs is 1. The fourth-order valence-corrected chi connectivity index (χ4v) is 5.20. The summed E-state index contributed by atoms with van der Waals surface area (Å²) in [5, 5.41) is 1.38. The number of benzene rings is 3. The van der Waals surface area contributed by atoms with E-state index >= 15 is 0 Å². The minimum Gasteiger partial charge on any atom is -0.489 e. The lowest BCUT2D eigenvalue weighted by Crippen LogP contribution is -2.27. The van der Waals surface area contributed by atoms with Crippen LogP contribution in [-0.2, 0) is 11.4 Å². The number of ether oxygens (including phenoxy) is 1. The largest absolute Gasteiger partial charge is 0.489 e. The highest BCUT2D eigenvalue weighted by Crippen LogP contribution is 2.42. The number of rotatable bonds is 5. The lowest BCUT2D eigenvalue weighted by molar-refractivity contribution is -0.115. The molecule has 0 N–H and O–H groups in total. The molecule has 1 amide bonds. The summed E-state index contributed by atoms with van der Waals surface area (Å²) in [4.78, 5) is 26.3. The van der Waals surface area contributed by atoms with Gasteiger partial charge >= 0.3 is 5.63 Å². The second-order valence-electron chi connectivity index (χ2n) is 7.85. The molecule has 5 nitrogen and oxygen atoms in total. The van der Waals surface area contributed by atoms with Crippen molar-refractivity contribution in [1.29, 1.82) is 0 Å². The molecule has 3 aromatic carbocycles. The summed E-state index contributed by atoms with van der Waals surface area (Å²) >= 11 is 7.59. The van der Waals surface area contributed by atoms with E-state index in [0.717, 1.165) is 27.8 Å². The number of hydrogen-bond donors (Lipinski definition) is 0. The number of carbonyl (C=O) groups is 1. The quantitative estimate of drug-likeness (QED) is 0.324. The molecular weight excluding hydrogens is 458 g/mol. The summed E-state index contributed by atoms with van der Waals surface area (Å²) in [5.41, 5.74) is 3.79. The van der Waals surface area contributed by atoms with Crippen molar-refractivity contribution in [2.75, 3.05) is 10.7 Å². The molecule has 166 valence electrons. The number of thioether (sulfide) groups is 1. The second kappa shape index (κ2) is 8.96. The molecule has 1 fully saturated rings. The van der Waals surface area contributed by atoms with Gasteiger partial charge in [-0.2, -0.15) is 0 Å². The Hall–Kier alpha value is -3.22. The molecule has 2 heterocycles. The Morgan fingerprint density at radius 1 is 1.03 bits per heavy atom. The van der Waals surface area contributed by atoms with Crippen molar-refractivity contribution in [1.82, 2.24) is 0 Å². The summed E-state index contributed by atoms with van der Waals surface area (Å²) in [7, 11) is 0. The van der Waals surface area contributed by atoms with Crippen LogP contribution in [0.2, 0.25) is 5.02 Å². The molecule has 4 aromatic rings. The highest BCUT2D eigenvalue weighted by Gasteiger charge is 2.34. The fraction of sp³-hybridized carbons (Fsp3) is 0.154. The number of halogens is 1. The molecule has 1 aliphatic rings. The first-order chi connectivity index (χ1) is 16.0. The zero-order valence-corrected chi connectivity index (χ0v) is 19.4. The number of aryl methyl sites for hydroxylation is 1. The molecule has 0 radical (unpaired) electrons. The third-order valence-electron chi connectivity index (χ3n) is 5.52. The summed E-state index contributed by atoms with van der Waals surface area (Å²) in [6.45, 7) is 2.20. The molecule has 33 heavy (non-hydrogen) atoms. The van der Waals surface area contributed by atoms with E-state index in [2.05, 4.69) is 0 Å². The van der Waals surface area contributed by atoms with E-state index < -0.39 is 5.63 Å². The lowest BCUT2D eigenvalue weighted by atomic mass is 10.1. The smallest absolute Gasteiger partial charge is 0.336 e. The van der Waals surface area contributed by atoms with Crippen LogP contribution in [0.4, 0.5) is 5.69 Å². The van der Waals surface area contributed by atoms with Gasteiger partial charge in [0.25, 0.3) is 0 Å². The predicted molar refractivity (Wildman–Crippen MR) is 132 cm³/mol. The first-order valence-corrected chi connectivity index (χ1v) is 11.9. The van der Waals surface area contributed by atoms with Gasteiger partial charge in [-0.15, -0.1) is 11.8 Å². The molecule has 0 aliphatic carbocycles. The number of carbonyl (C=O) groups excluding carboxylic acids is 1.